The molecule has 2 atom stereocenters. The Bertz CT molecular complexity index is 1790. The number of alkyl halides is 12. The summed E-state index contributed by atoms with van der Waals surface area (Å²) in [6, 6.07) is 2.87. The summed E-state index contributed by atoms with van der Waals surface area (Å²) in [6.07, 6.45) is -19.4. The second-order valence-electron chi connectivity index (χ2n) is 9.75. The van der Waals surface area contributed by atoms with Crippen LogP contribution in [0.2, 0.25) is 0 Å². The Morgan fingerprint density at radius 2 is 0.900 bits per heavy atom. The molecule has 2 unspecified atom stereocenters. The van der Waals surface area contributed by atoms with Crippen molar-refractivity contribution >= 4 is 33.5 Å². The Labute approximate surface area is 274 Å². The van der Waals surface area contributed by atoms with Crippen molar-refractivity contribution in [2.24, 2.45) is 0 Å². The molecular weight excluding hydrogens is 762 g/mol. The Morgan fingerprint density at radius 3 is 1.14 bits per heavy atom. The average molecular weight is 781 g/mol. The fourth-order valence-electron chi connectivity index (χ4n) is 3.80. The van der Waals surface area contributed by atoms with Gasteiger partial charge < -0.3 is 11.5 Å². The predicted octanol–water partition coefficient (Wildman–Crippen LogP) is 5.97. The van der Waals surface area contributed by atoms with Gasteiger partial charge in [-0.2, -0.15) is 72.0 Å². The van der Waals surface area contributed by atoms with E-state index in [1.54, 1.807) is 0 Å². The van der Waals surface area contributed by atoms with Crippen LogP contribution < -0.4 is 11.5 Å². The fraction of sp³-hybridized carbons (Fsp3) is 0.333. The van der Waals surface area contributed by atoms with E-state index in [1.165, 1.54) is 13.8 Å². The van der Waals surface area contributed by atoms with Crippen LogP contribution in [0.5, 0.6) is 0 Å². The van der Waals surface area contributed by atoms with Crippen molar-refractivity contribution in [2.75, 3.05) is 23.0 Å². The minimum absolute atomic E-state index is 0.0708. The second-order valence-corrected chi connectivity index (χ2v) is 12.6. The zero-order valence-corrected chi connectivity index (χ0v) is 26.1. The zero-order valence-electron chi connectivity index (χ0n) is 24.5. The number of nitrogen functional groups attached to an aromatic ring is 2. The van der Waals surface area contributed by atoms with Gasteiger partial charge in [-0.25, -0.2) is 8.78 Å². The number of rotatable bonds is 6. The molecule has 0 spiro atoms. The van der Waals surface area contributed by atoms with Gasteiger partial charge in [-0.3, -0.25) is 8.42 Å². The van der Waals surface area contributed by atoms with Crippen molar-refractivity contribution in [3.8, 4) is 11.4 Å². The van der Waals surface area contributed by atoms with E-state index in [0.717, 1.165) is 12.1 Å². The molecule has 0 aliphatic rings. The van der Waals surface area contributed by atoms with Gasteiger partial charge in [0.15, 0.2) is 0 Å². The van der Waals surface area contributed by atoms with Crippen molar-refractivity contribution in [2.45, 2.75) is 48.3 Å². The Hall–Kier alpha value is -4.36. The van der Waals surface area contributed by atoms with Crippen LogP contribution in [0.1, 0.15) is 22.8 Å². The van der Waals surface area contributed by atoms with Crippen LogP contribution in [-0.2, 0) is 34.0 Å². The lowest BCUT2D eigenvalue weighted by Gasteiger charge is -2.12. The molecule has 0 saturated heterocycles. The predicted molar refractivity (Wildman–Crippen MR) is 146 cm³/mol. The minimum atomic E-state index is -4.96. The molecule has 50 heavy (non-hydrogen) atoms. The number of anilines is 2. The summed E-state index contributed by atoms with van der Waals surface area (Å²) in [5.74, 6) is -10.6. The van der Waals surface area contributed by atoms with E-state index in [4.69, 9.17) is 11.5 Å². The number of hydrogen-bond acceptors (Lipinski definition) is 8. The van der Waals surface area contributed by atoms with Crippen LogP contribution in [0, 0.1) is 25.5 Å². The molecule has 2 aromatic carbocycles. The summed E-state index contributed by atoms with van der Waals surface area (Å²) in [5, 5.41) is 6.02. The van der Waals surface area contributed by atoms with Gasteiger partial charge in [-0.05, 0) is 49.2 Å². The number of hydrogen-bond donors (Lipinski definition) is 2. The number of aryl methyl sites for hydroxylation is 2. The number of nitrogens with zero attached hydrogens (tertiary/aromatic N) is 6. The van der Waals surface area contributed by atoms with Crippen molar-refractivity contribution < 1.29 is 69.9 Å². The third kappa shape index (κ3) is 9.87. The summed E-state index contributed by atoms with van der Waals surface area (Å²) in [6.45, 7) is 2.42. The molecular formula is C24H18F14N8O2S2. The first kappa shape index (κ1) is 40.1. The van der Waals surface area contributed by atoms with Gasteiger partial charge in [0.05, 0.1) is 21.6 Å². The van der Waals surface area contributed by atoms with Gasteiger partial charge >= 0.3 is 24.7 Å². The Morgan fingerprint density at radius 1 is 0.600 bits per heavy atom. The largest absolute Gasteiger partial charge is 0.453 e. The maximum Gasteiger partial charge on any atom is 0.453 e. The van der Waals surface area contributed by atoms with Gasteiger partial charge in [-0.1, -0.05) is 0 Å². The molecule has 0 bridgehead atoms. The quantitative estimate of drug-likeness (QED) is 0.228. The van der Waals surface area contributed by atoms with Gasteiger partial charge in [0.2, 0.25) is 11.9 Å². The van der Waals surface area contributed by atoms with Gasteiger partial charge in [0, 0.05) is 9.79 Å². The first-order valence-electron chi connectivity index (χ1n) is 12.7. The Balaban J connectivity index is 0.000000270. The summed E-state index contributed by atoms with van der Waals surface area (Å²) in [5.41, 5.74) is 9.01. The second kappa shape index (κ2) is 14.1. The van der Waals surface area contributed by atoms with E-state index >= 15 is 0 Å². The summed E-state index contributed by atoms with van der Waals surface area (Å²) in [7, 11) is -5.18. The first-order chi connectivity index (χ1) is 22.6. The van der Waals surface area contributed by atoms with Crippen LogP contribution in [0.4, 0.5) is 73.4 Å². The minimum Gasteiger partial charge on any atom is -0.368 e. The number of halogens is 14. The molecule has 2 heterocycles. The highest BCUT2D eigenvalue weighted by Gasteiger charge is 2.39. The van der Waals surface area contributed by atoms with Gasteiger partial charge in [0.1, 0.15) is 34.5 Å². The van der Waals surface area contributed by atoms with Gasteiger partial charge in [0.25, 0.3) is 11.6 Å². The van der Waals surface area contributed by atoms with Crippen LogP contribution in [0.3, 0.4) is 0 Å². The van der Waals surface area contributed by atoms with E-state index in [-0.39, 0.29) is 20.5 Å². The van der Waals surface area contributed by atoms with Crippen molar-refractivity contribution in [3.63, 3.8) is 0 Å². The van der Waals surface area contributed by atoms with Crippen LogP contribution >= 0.6 is 0 Å². The molecule has 10 nitrogen and oxygen atoms in total. The molecule has 0 amide bonds. The highest BCUT2D eigenvalue weighted by molar-refractivity contribution is 7.85. The molecule has 0 aliphatic carbocycles. The standard InChI is InChI=1S/2C12H9F7N4OS/c2*1-5-2-6(13)7(3-8(5)25(24)4-11(14,15)16)23-10(20)21-9(22-23)12(17,18)19/h2*2-3H,4H2,1H3,(H2,20,21,22). The molecule has 4 aromatic rings. The van der Waals surface area contributed by atoms with Crippen LogP contribution in [0.25, 0.3) is 11.4 Å². The fourth-order valence-corrected chi connectivity index (χ4v) is 6.02. The van der Waals surface area contributed by atoms with E-state index in [2.05, 4.69) is 20.2 Å². The summed E-state index contributed by atoms with van der Waals surface area (Å²) >= 11 is 0. The number of aromatic nitrogens is 6. The lowest BCUT2D eigenvalue weighted by molar-refractivity contribution is -0.145. The summed E-state index contributed by atoms with van der Waals surface area (Å²) in [4.78, 5) is 5.06. The third-order valence-electron chi connectivity index (χ3n) is 5.80. The highest BCUT2D eigenvalue weighted by Crippen LogP contribution is 2.32. The maximum absolute atomic E-state index is 14.1. The molecule has 0 fully saturated rings. The highest BCUT2D eigenvalue weighted by atomic mass is 32.2. The maximum atomic E-state index is 14.1. The topological polar surface area (TPSA) is 148 Å². The lowest BCUT2D eigenvalue weighted by atomic mass is 10.2. The first-order valence-corrected chi connectivity index (χ1v) is 15.3. The average Bonchev–Trinajstić information content (AvgIpc) is 3.50. The van der Waals surface area contributed by atoms with Crippen molar-refractivity contribution in [3.05, 3.63) is 58.7 Å². The Kier molecular flexibility index (Phi) is 11.3. The number of nitrogens with two attached hydrogens (primary N) is 2. The monoisotopic (exact) mass is 780 g/mol. The lowest BCUT2D eigenvalue weighted by Crippen LogP contribution is -2.19. The number of benzene rings is 2. The van der Waals surface area contributed by atoms with Crippen LogP contribution in [0.15, 0.2) is 34.1 Å². The molecule has 0 aliphatic heterocycles. The summed E-state index contributed by atoms with van der Waals surface area (Å²) < 4.78 is 202. The van der Waals surface area contributed by atoms with E-state index in [0.29, 0.717) is 12.1 Å². The molecule has 4 rings (SSSR count). The van der Waals surface area contributed by atoms with Gasteiger partial charge in [-0.15, -0.1) is 10.2 Å². The molecule has 276 valence electrons. The van der Waals surface area contributed by atoms with Crippen LogP contribution in [-0.4, -0.2) is 61.8 Å². The molecule has 4 N–H and O–H groups in total. The zero-order chi connectivity index (χ0) is 38.3. The molecule has 2 aromatic heterocycles. The molecule has 0 saturated carbocycles. The van der Waals surface area contributed by atoms with E-state index < -0.39 is 114 Å². The normalized spacial score (nSPS) is 13.9. The SMILES string of the molecule is Cc1cc(F)c(-n2nc(C(F)(F)F)nc2N)cc1S(=O)CC(F)(F)F.Cc1cc(F)c(-n2nc(C(F)(F)F)nc2N)cc1S(=O)CC(F)(F)F. The third-order valence-corrected chi connectivity index (χ3v) is 8.84. The van der Waals surface area contributed by atoms with Crippen molar-refractivity contribution in [1.29, 1.82) is 0 Å². The van der Waals surface area contributed by atoms with Crippen molar-refractivity contribution in [1.82, 2.24) is 29.5 Å². The molecule has 26 heteroatoms. The molecule has 0 radical (unpaired) electrons. The van der Waals surface area contributed by atoms with E-state index in [1.807, 2.05) is 0 Å². The smallest absolute Gasteiger partial charge is 0.368 e. The van der Waals surface area contributed by atoms with E-state index in [9.17, 15) is 69.9 Å².